The maximum Gasteiger partial charge on any atom is 0.0991 e. The van der Waals surface area contributed by atoms with Gasteiger partial charge in [-0.2, -0.15) is 5.26 Å². The third kappa shape index (κ3) is 4.33. The average Bonchev–Trinajstić information content (AvgIpc) is 2.71. The van der Waals surface area contributed by atoms with Crippen molar-refractivity contribution in [1.82, 2.24) is 10.2 Å². The lowest BCUT2D eigenvalue weighted by Gasteiger charge is -2.24. The van der Waals surface area contributed by atoms with Crippen LogP contribution in [0.3, 0.4) is 0 Å². The second kappa shape index (κ2) is 7.42. The van der Waals surface area contributed by atoms with E-state index < -0.39 is 0 Å². The summed E-state index contributed by atoms with van der Waals surface area (Å²) in [5.41, 5.74) is 1.95. The number of nitrogens with zero attached hydrogens (tertiary/aromatic N) is 2. The highest BCUT2D eigenvalue weighted by molar-refractivity contribution is 5.32. The van der Waals surface area contributed by atoms with Crippen molar-refractivity contribution < 1.29 is 0 Å². The number of nitrogens with one attached hydrogen (secondary N) is 1. The summed E-state index contributed by atoms with van der Waals surface area (Å²) in [4.78, 5) is 2.57. The van der Waals surface area contributed by atoms with Crippen LogP contribution in [-0.2, 0) is 6.54 Å². The van der Waals surface area contributed by atoms with Gasteiger partial charge in [0, 0.05) is 18.6 Å². The zero-order valence-electron chi connectivity index (χ0n) is 12.6. The van der Waals surface area contributed by atoms with E-state index in [0.29, 0.717) is 12.1 Å². The zero-order valence-corrected chi connectivity index (χ0v) is 12.6. The van der Waals surface area contributed by atoms with Gasteiger partial charge in [0.05, 0.1) is 11.6 Å². The minimum atomic E-state index is 0.601. The van der Waals surface area contributed by atoms with E-state index in [1.54, 1.807) is 0 Å². The molecule has 0 saturated carbocycles. The van der Waals surface area contributed by atoms with E-state index in [9.17, 15) is 0 Å². The van der Waals surface area contributed by atoms with Crippen LogP contribution in [0.1, 0.15) is 44.2 Å². The molecule has 0 amide bonds. The standard InChI is InChI=1S/C17H25N3/c1-14(2)20-9-4-7-17(8-10-20)19-13-16-6-3-5-15(11-16)12-18/h3,5-6,11,14,17,19H,4,7-10,13H2,1-2H3. The Kier molecular flexibility index (Phi) is 5.58. The van der Waals surface area contributed by atoms with Crippen LogP contribution in [0.2, 0.25) is 0 Å². The van der Waals surface area contributed by atoms with Gasteiger partial charge in [-0.3, -0.25) is 0 Å². The van der Waals surface area contributed by atoms with E-state index in [4.69, 9.17) is 5.26 Å². The number of nitriles is 1. The van der Waals surface area contributed by atoms with Crippen LogP contribution in [0, 0.1) is 11.3 Å². The Morgan fingerprint density at radius 1 is 1.35 bits per heavy atom. The van der Waals surface area contributed by atoms with Crippen LogP contribution in [0.4, 0.5) is 0 Å². The van der Waals surface area contributed by atoms with Crippen molar-refractivity contribution in [3.63, 3.8) is 0 Å². The summed E-state index contributed by atoms with van der Waals surface area (Å²) in [5, 5.41) is 12.6. The predicted octanol–water partition coefficient (Wildman–Crippen LogP) is 2.91. The van der Waals surface area contributed by atoms with Gasteiger partial charge in [-0.05, 0) is 63.9 Å². The number of likely N-dealkylation sites (tertiary alicyclic amines) is 1. The second-order valence-electron chi connectivity index (χ2n) is 5.95. The van der Waals surface area contributed by atoms with Crippen LogP contribution in [-0.4, -0.2) is 30.1 Å². The third-order valence-corrected chi connectivity index (χ3v) is 4.14. The zero-order chi connectivity index (χ0) is 14.4. The fraction of sp³-hybridized carbons (Fsp3) is 0.588. The summed E-state index contributed by atoms with van der Waals surface area (Å²) < 4.78 is 0. The molecule has 3 nitrogen and oxygen atoms in total. The van der Waals surface area contributed by atoms with Gasteiger partial charge < -0.3 is 10.2 Å². The fourth-order valence-electron chi connectivity index (χ4n) is 2.85. The van der Waals surface area contributed by atoms with Crippen LogP contribution < -0.4 is 5.32 Å². The molecule has 0 radical (unpaired) electrons. The monoisotopic (exact) mass is 271 g/mol. The molecule has 20 heavy (non-hydrogen) atoms. The molecule has 0 aliphatic carbocycles. The summed E-state index contributed by atoms with van der Waals surface area (Å²) in [6, 6.07) is 11.3. The molecule has 1 atom stereocenters. The largest absolute Gasteiger partial charge is 0.310 e. The average molecular weight is 271 g/mol. The molecule has 1 aliphatic rings. The summed E-state index contributed by atoms with van der Waals surface area (Å²) in [5.74, 6) is 0. The highest BCUT2D eigenvalue weighted by atomic mass is 15.1. The number of rotatable bonds is 4. The third-order valence-electron chi connectivity index (χ3n) is 4.14. The molecule has 1 unspecified atom stereocenters. The maximum atomic E-state index is 8.92. The first-order valence-corrected chi connectivity index (χ1v) is 7.65. The summed E-state index contributed by atoms with van der Waals surface area (Å²) in [6.07, 6.45) is 3.74. The predicted molar refractivity (Wildman–Crippen MR) is 82.3 cm³/mol. The molecule has 1 aromatic carbocycles. The Balaban J connectivity index is 1.83. The molecule has 1 N–H and O–H groups in total. The Labute approximate surface area is 122 Å². The van der Waals surface area contributed by atoms with Crippen molar-refractivity contribution in [3.8, 4) is 6.07 Å². The quantitative estimate of drug-likeness (QED) is 0.915. The van der Waals surface area contributed by atoms with Crippen molar-refractivity contribution in [2.24, 2.45) is 0 Å². The van der Waals surface area contributed by atoms with Gasteiger partial charge in [0.2, 0.25) is 0 Å². The number of hydrogen-bond donors (Lipinski definition) is 1. The van der Waals surface area contributed by atoms with Gasteiger partial charge in [-0.1, -0.05) is 12.1 Å². The normalized spacial score (nSPS) is 20.6. The second-order valence-corrected chi connectivity index (χ2v) is 5.95. The Bertz CT molecular complexity index is 462. The minimum Gasteiger partial charge on any atom is -0.310 e. The van der Waals surface area contributed by atoms with Gasteiger partial charge in [0.1, 0.15) is 0 Å². The first kappa shape index (κ1) is 15.0. The molecule has 0 aromatic heterocycles. The molecule has 108 valence electrons. The Morgan fingerprint density at radius 3 is 2.95 bits per heavy atom. The highest BCUT2D eigenvalue weighted by Gasteiger charge is 2.18. The summed E-state index contributed by atoms with van der Waals surface area (Å²) in [7, 11) is 0. The SMILES string of the molecule is CC(C)N1CCCC(NCc2cccc(C#N)c2)CC1. The highest BCUT2D eigenvalue weighted by Crippen LogP contribution is 2.14. The van der Waals surface area contributed by atoms with Crippen LogP contribution in [0.5, 0.6) is 0 Å². The lowest BCUT2D eigenvalue weighted by atomic mass is 10.1. The van der Waals surface area contributed by atoms with Crippen LogP contribution in [0.15, 0.2) is 24.3 Å². The molecule has 1 fully saturated rings. The van der Waals surface area contributed by atoms with Crippen LogP contribution in [0.25, 0.3) is 0 Å². The van der Waals surface area contributed by atoms with Gasteiger partial charge in [-0.25, -0.2) is 0 Å². The van der Waals surface area contributed by atoms with E-state index in [2.05, 4.69) is 36.2 Å². The van der Waals surface area contributed by atoms with E-state index in [0.717, 1.165) is 12.1 Å². The molecule has 3 heteroatoms. The fourth-order valence-corrected chi connectivity index (χ4v) is 2.85. The molecule has 0 spiro atoms. The van der Waals surface area contributed by atoms with E-state index in [1.165, 1.54) is 37.9 Å². The molecule has 1 heterocycles. The van der Waals surface area contributed by atoms with Gasteiger partial charge >= 0.3 is 0 Å². The van der Waals surface area contributed by atoms with Gasteiger partial charge in [-0.15, -0.1) is 0 Å². The van der Waals surface area contributed by atoms with Crippen molar-refractivity contribution in [1.29, 1.82) is 5.26 Å². The summed E-state index contributed by atoms with van der Waals surface area (Å²) in [6.45, 7) is 7.83. The molecule has 1 saturated heterocycles. The van der Waals surface area contributed by atoms with Crippen molar-refractivity contribution >= 4 is 0 Å². The topological polar surface area (TPSA) is 39.1 Å². The first-order valence-electron chi connectivity index (χ1n) is 7.65. The Hall–Kier alpha value is -1.37. The molecule has 2 rings (SSSR count). The maximum absolute atomic E-state index is 8.92. The smallest absolute Gasteiger partial charge is 0.0991 e. The van der Waals surface area contributed by atoms with Gasteiger partial charge in [0.25, 0.3) is 0 Å². The van der Waals surface area contributed by atoms with E-state index >= 15 is 0 Å². The number of benzene rings is 1. The molecule has 1 aromatic rings. The lowest BCUT2D eigenvalue weighted by molar-refractivity contribution is 0.229. The molecular weight excluding hydrogens is 246 g/mol. The molecule has 1 aliphatic heterocycles. The van der Waals surface area contributed by atoms with Crippen molar-refractivity contribution in [2.75, 3.05) is 13.1 Å². The Morgan fingerprint density at radius 2 is 2.20 bits per heavy atom. The van der Waals surface area contributed by atoms with Crippen molar-refractivity contribution in [3.05, 3.63) is 35.4 Å². The van der Waals surface area contributed by atoms with Crippen molar-refractivity contribution in [2.45, 2.75) is 51.7 Å². The lowest BCUT2D eigenvalue weighted by Crippen LogP contribution is -2.33. The number of hydrogen-bond acceptors (Lipinski definition) is 3. The van der Waals surface area contributed by atoms with Crippen LogP contribution >= 0.6 is 0 Å². The minimum absolute atomic E-state index is 0.601. The first-order chi connectivity index (χ1) is 9.69. The molecular formula is C17H25N3. The van der Waals surface area contributed by atoms with Gasteiger partial charge in [0.15, 0.2) is 0 Å². The van der Waals surface area contributed by atoms with E-state index in [-0.39, 0.29) is 0 Å². The molecule has 0 bridgehead atoms. The van der Waals surface area contributed by atoms with E-state index in [1.807, 2.05) is 18.2 Å². The summed E-state index contributed by atoms with van der Waals surface area (Å²) >= 11 is 0.